The third kappa shape index (κ3) is 3.18. The maximum absolute atomic E-state index is 12.3. The van der Waals surface area contributed by atoms with Gasteiger partial charge in [-0.3, -0.25) is 10.1 Å². The zero-order valence-corrected chi connectivity index (χ0v) is 14.7. The van der Waals surface area contributed by atoms with Crippen LogP contribution in [0.15, 0.2) is 69.8 Å². The number of aliphatic imine (C=N–C) groups is 1. The van der Waals surface area contributed by atoms with E-state index in [9.17, 15) is 14.9 Å². The Kier molecular flexibility index (Phi) is 4.29. The highest BCUT2D eigenvalue weighted by molar-refractivity contribution is 6.15. The Morgan fingerprint density at radius 3 is 2.46 bits per heavy atom. The summed E-state index contributed by atoms with van der Waals surface area (Å²) in [6, 6.07) is 15.1. The molecule has 8 heteroatoms. The zero-order chi connectivity index (χ0) is 19.7. The van der Waals surface area contributed by atoms with Crippen molar-refractivity contribution in [3.63, 3.8) is 0 Å². The highest BCUT2D eigenvalue weighted by Gasteiger charge is 2.30. The van der Waals surface area contributed by atoms with Gasteiger partial charge in [0.25, 0.3) is 5.69 Å². The highest BCUT2D eigenvalue weighted by atomic mass is 16.6. The number of ether oxygens (including phenoxy) is 1. The molecule has 2 aromatic carbocycles. The summed E-state index contributed by atoms with van der Waals surface area (Å²) >= 11 is 0. The minimum absolute atomic E-state index is 0.0343. The minimum atomic E-state index is -0.618. The van der Waals surface area contributed by atoms with Crippen molar-refractivity contribution in [1.82, 2.24) is 5.16 Å². The van der Waals surface area contributed by atoms with Crippen molar-refractivity contribution in [2.45, 2.75) is 6.92 Å². The van der Waals surface area contributed by atoms with Crippen LogP contribution in [0, 0.1) is 17.0 Å². The molecule has 28 heavy (non-hydrogen) atoms. The molecule has 0 radical (unpaired) electrons. The molecule has 0 saturated heterocycles. The first-order chi connectivity index (χ1) is 13.5. The van der Waals surface area contributed by atoms with Gasteiger partial charge in [-0.2, -0.15) is 0 Å². The number of hydrogen-bond acceptors (Lipinski definition) is 7. The molecular weight excluding hydrogens is 362 g/mol. The molecule has 0 bridgehead atoms. The van der Waals surface area contributed by atoms with Gasteiger partial charge in [-0.05, 0) is 30.7 Å². The molecule has 4 rings (SSSR count). The molecule has 8 nitrogen and oxygen atoms in total. The van der Waals surface area contributed by atoms with E-state index >= 15 is 0 Å². The lowest BCUT2D eigenvalue weighted by molar-refractivity contribution is -0.384. The number of nitro benzene ring substituents is 1. The number of cyclic esters (lactones) is 1. The van der Waals surface area contributed by atoms with Crippen molar-refractivity contribution in [2.24, 2.45) is 4.99 Å². The van der Waals surface area contributed by atoms with Crippen LogP contribution in [0.2, 0.25) is 0 Å². The number of esters is 1. The summed E-state index contributed by atoms with van der Waals surface area (Å²) in [6.45, 7) is 1.71. The Bertz CT molecular complexity index is 1130. The summed E-state index contributed by atoms with van der Waals surface area (Å²) in [4.78, 5) is 26.8. The van der Waals surface area contributed by atoms with Crippen molar-refractivity contribution in [1.29, 1.82) is 0 Å². The van der Waals surface area contributed by atoms with Gasteiger partial charge in [0.15, 0.2) is 5.70 Å². The third-order valence-corrected chi connectivity index (χ3v) is 4.15. The molecule has 1 aliphatic rings. The average molecular weight is 375 g/mol. The fourth-order valence-electron chi connectivity index (χ4n) is 2.78. The van der Waals surface area contributed by atoms with Crippen LogP contribution in [-0.4, -0.2) is 21.9 Å². The van der Waals surface area contributed by atoms with Gasteiger partial charge in [0.1, 0.15) is 17.0 Å². The molecule has 0 N–H and O–H groups in total. The van der Waals surface area contributed by atoms with E-state index in [4.69, 9.17) is 9.26 Å². The van der Waals surface area contributed by atoms with Crippen LogP contribution in [0.4, 0.5) is 5.69 Å². The Labute approximate surface area is 158 Å². The molecule has 3 aromatic rings. The second-order valence-electron chi connectivity index (χ2n) is 6.01. The molecular formula is C20H13N3O5. The number of benzene rings is 2. The number of rotatable bonds is 4. The van der Waals surface area contributed by atoms with E-state index in [1.807, 2.05) is 30.3 Å². The zero-order valence-electron chi connectivity index (χ0n) is 14.7. The number of nitrogens with zero attached hydrogens (tertiary/aromatic N) is 3. The van der Waals surface area contributed by atoms with Gasteiger partial charge in [-0.1, -0.05) is 35.5 Å². The van der Waals surface area contributed by atoms with Crippen molar-refractivity contribution in [3.8, 4) is 11.3 Å². The van der Waals surface area contributed by atoms with Gasteiger partial charge in [-0.15, -0.1) is 0 Å². The smallest absolute Gasteiger partial charge is 0.363 e. The van der Waals surface area contributed by atoms with Crippen LogP contribution < -0.4 is 0 Å². The molecule has 138 valence electrons. The Morgan fingerprint density at radius 2 is 1.79 bits per heavy atom. The van der Waals surface area contributed by atoms with Gasteiger partial charge < -0.3 is 9.26 Å². The Morgan fingerprint density at radius 1 is 1.07 bits per heavy atom. The van der Waals surface area contributed by atoms with Crippen molar-refractivity contribution in [2.75, 3.05) is 0 Å². The van der Waals surface area contributed by atoms with Crippen LogP contribution in [-0.2, 0) is 9.53 Å². The minimum Gasteiger partial charge on any atom is -0.402 e. The van der Waals surface area contributed by atoms with Gasteiger partial charge in [0.2, 0.25) is 5.90 Å². The predicted molar refractivity (Wildman–Crippen MR) is 100 cm³/mol. The quantitative estimate of drug-likeness (QED) is 0.296. The first-order valence-corrected chi connectivity index (χ1v) is 8.32. The summed E-state index contributed by atoms with van der Waals surface area (Å²) in [5, 5.41) is 14.8. The number of carbonyl (C=O) groups is 1. The van der Waals surface area contributed by atoms with Gasteiger partial charge >= 0.3 is 5.97 Å². The third-order valence-electron chi connectivity index (χ3n) is 4.15. The first kappa shape index (κ1) is 17.3. The van der Waals surface area contributed by atoms with E-state index < -0.39 is 10.9 Å². The lowest BCUT2D eigenvalue weighted by Gasteiger charge is -2.01. The first-order valence-electron chi connectivity index (χ1n) is 8.32. The normalized spacial score (nSPS) is 14.8. The van der Waals surface area contributed by atoms with Gasteiger partial charge in [0.05, 0.1) is 4.92 Å². The van der Waals surface area contributed by atoms with E-state index in [1.165, 1.54) is 30.3 Å². The second kappa shape index (κ2) is 6.92. The van der Waals surface area contributed by atoms with Gasteiger partial charge in [-0.25, -0.2) is 9.79 Å². The number of aryl methyl sites for hydroxylation is 1. The lowest BCUT2D eigenvalue weighted by Crippen LogP contribution is -2.07. The monoisotopic (exact) mass is 375 g/mol. The van der Waals surface area contributed by atoms with Crippen LogP contribution in [0.3, 0.4) is 0 Å². The van der Waals surface area contributed by atoms with E-state index in [0.717, 1.165) is 5.56 Å². The lowest BCUT2D eigenvalue weighted by atomic mass is 10.1. The fourth-order valence-corrected chi connectivity index (χ4v) is 2.78. The Balaban J connectivity index is 1.71. The van der Waals surface area contributed by atoms with Crippen LogP contribution in [0.5, 0.6) is 0 Å². The maximum Gasteiger partial charge on any atom is 0.363 e. The molecule has 1 aliphatic heterocycles. The summed E-state index contributed by atoms with van der Waals surface area (Å²) in [5.74, 6) is -0.0364. The van der Waals surface area contributed by atoms with Crippen LogP contribution in [0.25, 0.3) is 17.3 Å². The number of nitro groups is 1. The molecule has 0 saturated carbocycles. The summed E-state index contributed by atoms with van der Waals surface area (Å²) in [6.07, 6.45) is 1.50. The maximum atomic E-state index is 12.3. The summed E-state index contributed by atoms with van der Waals surface area (Å²) < 4.78 is 10.6. The van der Waals surface area contributed by atoms with Crippen LogP contribution in [0.1, 0.15) is 16.9 Å². The predicted octanol–water partition coefficient (Wildman–Crippen LogP) is 3.90. The summed E-state index contributed by atoms with van der Waals surface area (Å²) in [7, 11) is 0. The van der Waals surface area contributed by atoms with Crippen LogP contribution >= 0.6 is 0 Å². The standard InChI is InChI=1S/C20H13N3O5/c1-12-17(18(22-28-12)14-5-3-2-4-6-14)19-21-16(20(24)27-19)11-13-7-9-15(10-8-13)23(25)26/h2-11H,1H3. The average Bonchev–Trinajstić information content (AvgIpc) is 3.25. The summed E-state index contributed by atoms with van der Waals surface area (Å²) in [5.41, 5.74) is 2.48. The molecule has 0 aliphatic carbocycles. The molecule has 1 aromatic heterocycles. The number of carbonyl (C=O) groups excluding carboxylic acids is 1. The number of non-ortho nitro benzene ring substituents is 1. The molecule has 0 unspecified atom stereocenters. The molecule has 2 heterocycles. The largest absolute Gasteiger partial charge is 0.402 e. The fraction of sp³-hybridized carbons (Fsp3) is 0.0500. The molecule has 0 atom stereocenters. The van der Waals surface area contributed by atoms with E-state index in [-0.39, 0.29) is 17.3 Å². The number of aromatic nitrogens is 1. The molecule has 0 fully saturated rings. The van der Waals surface area contributed by atoms with Crippen molar-refractivity contribution < 1.29 is 19.0 Å². The molecule has 0 amide bonds. The van der Waals surface area contributed by atoms with E-state index in [1.54, 1.807) is 6.92 Å². The second-order valence-corrected chi connectivity index (χ2v) is 6.01. The van der Waals surface area contributed by atoms with Crippen molar-refractivity contribution in [3.05, 3.63) is 87.3 Å². The SMILES string of the molecule is Cc1onc(-c2ccccc2)c1C1=NC(=Cc2ccc([N+](=O)[O-])cc2)C(=O)O1. The van der Waals surface area contributed by atoms with E-state index in [0.29, 0.717) is 22.6 Å². The van der Waals surface area contributed by atoms with Gasteiger partial charge in [0, 0.05) is 17.7 Å². The molecule has 0 spiro atoms. The van der Waals surface area contributed by atoms with Crippen molar-refractivity contribution >= 4 is 23.6 Å². The topological polar surface area (TPSA) is 108 Å². The van der Waals surface area contributed by atoms with E-state index in [2.05, 4.69) is 10.1 Å². The highest BCUT2D eigenvalue weighted by Crippen LogP contribution is 2.29. The number of hydrogen-bond donors (Lipinski definition) is 0. The Hall–Kier alpha value is -4.07.